The molecule has 10 heteroatoms. The predicted molar refractivity (Wildman–Crippen MR) is 137 cm³/mol. The molecule has 0 fully saturated rings. The van der Waals surface area contributed by atoms with Crippen LogP contribution in [0, 0.1) is 20.8 Å². The van der Waals surface area contributed by atoms with Gasteiger partial charge in [0.15, 0.2) is 11.2 Å². The number of nitrogens with zero attached hydrogens (tertiary/aromatic N) is 3. The van der Waals surface area contributed by atoms with E-state index in [9.17, 15) is 9.59 Å². The fourth-order valence-corrected chi connectivity index (χ4v) is 4.26. The van der Waals surface area contributed by atoms with Crippen molar-refractivity contribution in [2.45, 2.75) is 33.7 Å². The molecule has 0 radical (unpaired) electrons. The first kappa shape index (κ1) is 23.5. The second-order valence-corrected chi connectivity index (χ2v) is 9.06. The molecular formula is C26H22ClN5O4. The molecule has 0 aliphatic carbocycles. The number of fused-ring (bicyclic) bond motifs is 1. The molecule has 0 aliphatic rings. The molecule has 2 N–H and O–H groups in total. The van der Waals surface area contributed by atoms with E-state index in [1.165, 1.54) is 0 Å². The lowest BCUT2D eigenvalue weighted by Crippen LogP contribution is -2.13. The van der Waals surface area contributed by atoms with Crippen LogP contribution in [-0.2, 0) is 0 Å². The zero-order chi connectivity index (χ0) is 25.6. The highest BCUT2D eigenvalue weighted by atomic mass is 35.5. The Labute approximate surface area is 210 Å². The molecule has 1 atom stereocenters. The standard InChI is InChI=1S/C26H22ClN5O4/c1-12-5-6-19(28-11-12)23-14(3)22(33)17-10-13(2)9-16(24(17)35-23)15(4)29-18-7-8-20(27)30-21(18)25-31-26(34)36-32-25/h5-11,15,29H,1-4H3,(H,31,32,34)/t15-/m1/s1. The van der Waals surface area contributed by atoms with Crippen LogP contribution in [0.1, 0.15) is 35.2 Å². The third-order valence-corrected chi connectivity index (χ3v) is 6.11. The number of hydrogen-bond donors (Lipinski definition) is 2. The first-order valence-electron chi connectivity index (χ1n) is 11.2. The predicted octanol–water partition coefficient (Wildman–Crippen LogP) is 5.35. The number of nitrogens with one attached hydrogen (secondary N) is 2. The third-order valence-electron chi connectivity index (χ3n) is 5.90. The zero-order valence-corrected chi connectivity index (χ0v) is 20.7. The van der Waals surface area contributed by atoms with E-state index >= 15 is 0 Å². The number of halogens is 1. The summed E-state index contributed by atoms with van der Waals surface area (Å²) in [5.74, 6) is -0.134. The van der Waals surface area contributed by atoms with Gasteiger partial charge in [-0.15, -0.1) is 0 Å². The minimum Gasteiger partial charge on any atom is -0.454 e. The van der Waals surface area contributed by atoms with Crippen LogP contribution in [0.5, 0.6) is 0 Å². The van der Waals surface area contributed by atoms with E-state index in [-0.39, 0.29) is 22.4 Å². The van der Waals surface area contributed by atoms with Crippen LogP contribution in [0.3, 0.4) is 0 Å². The molecule has 0 saturated heterocycles. The lowest BCUT2D eigenvalue weighted by atomic mass is 9.99. The molecule has 0 saturated carbocycles. The van der Waals surface area contributed by atoms with E-state index in [2.05, 4.69) is 29.9 Å². The molecule has 0 unspecified atom stereocenters. The summed E-state index contributed by atoms with van der Waals surface area (Å²) in [6.07, 6.45) is 1.74. The first-order valence-corrected chi connectivity index (χ1v) is 11.6. The maximum absolute atomic E-state index is 13.4. The molecule has 0 aliphatic heterocycles. The number of rotatable bonds is 5. The first-order chi connectivity index (χ1) is 17.2. The largest absolute Gasteiger partial charge is 0.454 e. The van der Waals surface area contributed by atoms with Crippen molar-refractivity contribution >= 4 is 28.3 Å². The van der Waals surface area contributed by atoms with Crippen LogP contribution in [0.4, 0.5) is 5.69 Å². The van der Waals surface area contributed by atoms with Crippen molar-refractivity contribution in [3.8, 4) is 23.0 Å². The van der Waals surface area contributed by atoms with Gasteiger partial charge in [-0.2, -0.15) is 0 Å². The van der Waals surface area contributed by atoms with E-state index in [0.29, 0.717) is 39.4 Å². The SMILES string of the molecule is Cc1ccc(-c2oc3c([C@@H](C)Nc4ccc(Cl)nc4-c4noc(=O)[nH]4)cc(C)cc3c(=O)c2C)nc1. The molecular weight excluding hydrogens is 482 g/mol. The molecule has 36 heavy (non-hydrogen) atoms. The number of anilines is 1. The van der Waals surface area contributed by atoms with Gasteiger partial charge in [-0.1, -0.05) is 28.9 Å². The molecule has 0 spiro atoms. The van der Waals surface area contributed by atoms with Gasteiger partial charge < -0.3 is 9.73 Å². The topological polar surface area (TPSA) is 127 Å². The molecule has 5 aromatic rings. The zero-order valence-electron chi connectivity index (χ0n) is 20.0. The lowest BCUT2D eigenvalue weighted by Gasteiger charge is -2.20. The average Bonchev–Trinajstić information content (AvgIpc) is 3.29. The third kappa shape index (κ3) is 4.29. The van der Waals surface area contributed by atoms with Gasteiger partial charge in [0.2, 0.25) is 5.82 Å². The van der Waals surface area contributed by atoms with Gasteiger partial charge in [-0.05, 0) is 63.1 Å². The van der Waals surface area contributed by atoms with Crippen LogP contribution >= 0.6 is 11.6 Å². The van der Waals surface area contributed by atoms with Crippen LogP contribution in [-0.4, -0.2) is 20.1 Å². The summed E-state index contributed by atoms with van der Waals surface area (Å²) in [6, 6.07) is 10.6. The Hall–Kier alpha value is -4.24. The van der Waals surface area contributed by atoms with Gasteiger partial charge in [0.25, 0.3) is 0 Å². The molecule has 9 nitrogen and oxygen atoms in total. The molecule has 4 aromatic heterocycles. The summed E-state index contributed by atoms with van der Waals surface area (Å²) < 4.78 is 11.0. The highest BCUT2D eigenvalue weighted by molar-refractivity contribution is 6.29. The number of pyridine rings is 2. The van der Waals surface area contributed by atoms with E-state index in [4.69, 9.17) is 16.0 Å². The van der Waals surface area contributed by atoms with E-state index < -0.39 is 5.76 Å². The summed E-state index contributed by atoms with van der Waals surface area (Å²) in [6.45, 7) is 7.55. The molecule has 5 rings (SSSR count). The van der Waals surface area contributed by atoms with Gasteiger partial charge in [0.1, 0.15) is 22.1 Å². The fraction of sp³-hybridized carbons (Fsp3) is 0.192. The Kier molecular flexibility index (Phi) is 5.93. The van der Waals surface area contributed by atoms with Crippen LogP contribution < -0.4 is 16.5 Å². The number of aromatic nitrogens is 4. The monoisotopic (exact) mass is 503 g/mol. The second-order valence-electron chi connectivity index (χ2n) is 8.68. The van der Waals surface area contributed by atoms with Gasteiger partial charge >= 0.3 is 5.76 Å². The number of hydrogen-bond acceptors (Lipinski definition) is 8. The molecule has 4 heterocycles. The highest BCUT2D eigenvalue weighted by Gasteiger charge is 2.21. The van der Waals surface area contributed by atoms with Gasteiger partial charge in [0, 0.05) is 17.3 Å². The van der Waals surface area contributed by atoms with Gasteiger partial charge in [0.05, 0.1) is 17.1 Å². The smallest absolute Gasteiger partial charge is 0.439 e. The van der Waals surface area contributed by atoms with Crippen molar-refractivity contribution in [1.29, 1.82) is 0 Å². The van der Waals surface area contributed by atoms with Crippen molar-refractivity contribution in [3.05, 3.63) is 90.8 Å². The minimum absolute atomic E-state index is 0.111. The van der Waals surface area contributed by atoms with Crippen molar-refractivity contribution in [2.24, 2.45) is 0 Å². The average molecular weight is 504 g/mol. The Morgan fingerprint density at radius 2 is 1.86 bits per heavy atom. The Bertz CT molecular complexity index is 1720. The van der Waals surface area contributed by atoms with Crippen LogP contribution in [0.2, 0.25) is 5.15 Å². The molecule has 0 bridgehead atoms. The van der Waals surface area contributed by atoms with E-state index in [0.717, 1.165) is 16.7 Å². The number of H-pyrrole nitrogens is 1. The summed E-state index contributed by atoms with van der Waals surface area (Å²) >= 11 is 6.10. The van der Waals surface area contributed by atoms with Crippen LogP contribution in [0.25, 0.3) is 33.9 Å². The van der Waals surface area contributed by atoms with Gasteiger partial charge in [-0.3, -0.25) is 19.3 Å². The van der Waals surface area contributed by atoms with Crippen molar-refractivity contribution in [1.82, 2.24) is 20.1 Å². The second kappa shape index (κ2) is 9.09. The number of aromatic amines is 1. The Morgan fingerprint density at radius 3 is 2.56 bits per heavy atom. The number of aryl methyl sites for hydroxylation is 2. The van der Waals surface area contributed by atoms with E-state index in [1.54, 1.807) is 25.3 Å². The van der Waals surface area contributed by atoms with Crippen molar-refractivity contribution < 1.29 is 8.94 Å². The maximum Gasteiger partial charge on any atom is 0.439 e. The molecule has 1 aromatic carbocycles. The van der Waals surface area contributed by atoms with Crippen LogP contribution in [0.15, 0.2) is 61.1 Å². The summed E-state index contributed by atoms with van der Waals surface area (Å²) in [4.78, 5) is 36.1. The minimum atomic E-state index is -0.704. The Morgan fingerprint density at radius 1 is 1.06 bits per heavy atom. The molecule has 0 amide bonds. The molecule has 182 valence electrons. The summed E-state index contributed by atoms with van der Waals surface area (Å²) in [5.41, 5.74) is 5.00. The number of benzene rings is 1. The van der Waals surface area contributed by atoms with Crippen molar-refractivity contribution in [3.63, 3.8) is 0 Å². The fourth-order valence-electron chi connectivity index (χ4n) is 4.11. The summed E-state index contributed by atoms with van der Waals surface area (Å²) in [5, 5.41) is 7.83. The Balaban J connectivity index is 1.64. The van der Waals surface area contributed by atoms with E-state index in [1.807, 2.05) is 45.0 Å². The highest BCUT2D eigenvalue weighted by Crippen LogP contribution is 2.33. The quantitative estimate of drug-likeness (QED) is 0.307. The van der Waals surface area contributed by atoms with Gasteiger partial charge in [-0.25, -0.2) is 9.78 Å². The lowest BCUT2D eigenvalue weighted by molar-refractivity contribution is 0.388. The summed E-state index contributed by atoms with van der Waals surface area (Å²) in [7, 11) is 0. The normalized spacial score (nSPS) is 12.1. The maximum atomic E-state index is 13.4. The van der Waals surface area contributed by atoms with Crippen molar-refractivity contribution in [2.75, 3.05) is 5.32 Å².